The molecule has 8 atom stereocenters. The van der Waals surface area contributed by atoms with Crippen molar-refractivity contribution in [2.75, 3.05) is 6.54 Å². The van der Waals surface area contributed by atoms with E-state index < -0.39 is 71.8 Å². The maximum absolute atomic E-state index is 14.2. The quantitative estimate of drug-likeness (QED) is 0.0988. The molecule has 1 aromatic carbocycles. The molecule has 304 valence electrons. The van der Waals surface area contributed by atoms with Crippen LogP contribution in [0.25, 0.3) is 0 Å². The van der Waals surface area contributed by atoms with Crippen molar-refractivity contribution >= 4 is 35.4 Å². The summed E-state index contributed by atoms with van der Waals surface area (Å²) in [6.45, 7) is 13.2. The van der Waals surface area contributed by atoms with Gasteiger partial charge < -0.3 is 42.0 Å². The fraction of sp³-hybridized carbons (Fsp3) is 0.625. The average Bonchev–Trinajstić information content (AvgIpc) is 3.84. The van der Waals surface area contributed by atoms with Crippen molar-refractivity contribution < 1.29 is 33.9 Å². The largest absolute Gasteiger partial charge is 0.391 e. The van der Waals surface area contributed by atoms with Gasteiger partial charge in [0, 0.05) is 44.1 Å². The van der Waals surface area contributed by atoms with Gasteiger partial charge in [0.15, 0.2) is 0 Å². The molecule has 0 aliphatic carbocycles. The van der Waals surface area contributed by atoms with Gasteiger partial charge in [0.2, 0.25) is 35.4 Å². The van der Waals surface area contributed by atoms with Gasteiger partial charge in [0.25, 0.3) is 0 Å². The van der Waals surface area contributed by atoms with Gasteiger partial charge in [-0.05, 0) is 49.0 Å². The Morgan fingerprint density at radius 3 is 2.13 bits per heavy atom. The average molecular weight is 767 g/mol. The van der Waals surface area contributed by atoms with Gasteiger partial charge in [0.1, 0.15) is 24.2 Å². The molecule has 3 rings (SSSR count). The molecule has 1 saturated heterocycles. The molecule has 1 aromatic heterocycles. The highest BCUT2D eigenvalue weighted by atomic mass is 16.3. The minimum Gasteiger partial charge on any atom is -0.391 e. The summed E-state index contributed by atoms with van der Waals surface area (Å²) in [7, 11) is 0. The summed E-state index contributed by atoms with van der Waals surface area (Å²) >= 11 is 0. The third-order valence-electron chi connectivity index (χ3n) is 10.5. The molecule has 2 aromatic rings. The summed E-state index contributed by atoms with van der Waals surface area (Å²) in [5.74, 6) is -3.97. The molecular formula is C40H62N8O7. The van der Waals surface area contributed by atoms with Crippen molar-refractivity contribution in [2.24, 2.45) is 29.4 Å². The Balaban J connectivity index is 1.86. The van der Waals surface area contributed by atoms with Crippen LogP contribution in [0.4, 0.5) is 0 Å². The molecule has 1 aliphatic rings. The third kappa shape index (κ3) is 13.5. The van der Waals surface area contributed by atoms with E-state index >= 15 is 0 Å². The summed E-state index contributed by atoms with van der Waals surface area (Å²) in [5.41, 5.74) is 6.96. The number of hydrogen-bond donors (Lipinski definition) is 7. The molecule has 2 heterocycles. The van der Waals surface area contributed by atoms with E-state index in [0.29, 0.717) is 37.9 Å². The van der Waals surface area contributed by atoms with E-state index in [9.17, 15) is 33.9 Å². The van der Waals surface area contributed by atoms with Crippen molar-refractivity contribution in [3.63, 3.8) is 0 Å². The van der Waals surface area contributed by atoms with Crippen LogP contribution >= 0.6 is 0 Å². The smallest absolute Gasteiger partial charge is 0.243 e. The molecule has 8 N–H and O–H groups in total. The van der Waals surface area contributed by atoms with Crippen LogP contribution < -0.4 is 27.0 Å². The van der Waals surface area contributed by atoms with Gasteiger partial charge in [-0.2, -0.15) is 0 Å². The Labute approximate surface area is 324 Å². The van der Waals surface area contributed by atoms with E-state index in [1.54, 1.807) is 0 Å². The molecule has 0 bridgehead atoms. The van der Waals surface area contributed by atoms with Crippen LogP contribution in [0.3, 0.4) is 0 Å². The number of carbonyl (C=O) groups excluding carboxylic acids is 6. The zero-order valence-corrected chi connectivity index (χ0v) is 33.3. The van der Waals surface area contributed by atoms with Crippen molar-refractivity contribution in [2.45, 2.75) is 130 Å². The molecule has 1 aliphatic heterocycles. The number of amides is 6. The monoisotopic (exact) mass is 766 g/mol. The number of aromatic nitrogens is 2. The Hall–Kier alpha value is -4.79. The van der Waals surface area contributed by atoms with Gasteiger partial charge in [-0.3, -0.25) is 28.8 Å². The molecule has 0 spiro atoms. The number of benzene rings is 1. The topological polar surface area (TPSA) is 229 Å². The van der Waals surface area contributed by atoms with Gasteiger partial charge in [-0.1, -0.05) is 78.3 Å². The van der Waals surface area contributed by atoms with E-state index in [0.717, 1.165) is 5.56 Å². The van der Waals surface area contributed by atoms with Crippen molar-refractivity contribution in [3.05, 3.63) is 54.1 Å². The summed E-state index contributed by atoms with van der Waals surface area (Å²) in [5, 5.41) is 23.1. The number of aliphatic hydroxyl groups is 1. The Bertz CT molecular complexity index is 1570. The minimum atomic E-state index is -1.16. The molecule has 8 unspecified atom stereocenters. The fourth-order valence-corrected chi connectivity index (χ4v) is 7.04. The normalized spacial score (nSPS) is 18.1. The lowest BCUT2D eigenvalue weighted by molar-refractivity contribution is -0.138. The number of carbonyl (C=O) groups is 6. The molecule has 6 amide bonds. The summed E-state index contributed by atoms with van der Waals surface area (Å²) in [6, 6.07) is 4.55. The van der Waals surface area contributed by atoms with Gasteiger partial charge >= 0.3 is 0 Å². The lowest BCUT2D eigenvalue weighted by Crippen LogP contribution is -2.59. The molecule has 15 heteroatoms. The predicted octanol–water partition coefficient (Wildman–Crippen LogP) is 1.75. The summed E-state index contributed by atoms with van der Waals surface area (Å²) < 4.78 is 0. The van der Waals surface area contributed by atoms with E-state index in [1.807, 2.05) is 71.9 Å². The van der Waals surface area contributed by atoms with Gasteiger partial charge in [-0.25, -0.2) is 4.98 Å². The molecule has 1 fully saturated rings. The maximum Gasteiger partial charge on any atom is 0.243 e. The molecule has 55 heavy (non-hydrogen) atoms. The zero-order chi connectivity index (χ0) is 40.8. The Kier molecular flexibility index (Phi) is 17.3. The van der Waals surface area contributed by atoms with Crippen molar-refractivity contribution in [1.82, 2.24) is 36.1 Å². The molecule has 0 radical (unpaired) electrons. The Morgan fingerprint density at radius 2 is 1.56 bits per heavy atom. The second-order valence-electron chi connectivity index (χ2n) is 15.6. The number of nitrogens with one attached hydrogen (secondary N) is 5. The second-order valence-corrected chi connectivity index (χ2v) is 15.6. The first-order valence-electron chi connectivity index (χ1n) is 19.5. The van der Waals surface area contributed by atoms with Crippen LogP contribution in [0.5, 0.6) is 0 Å². The number of nitrogens with zero attached hydrogens (tertiary/aromatic N) is 2. The molecular weight excluding hydrogens is 704 g/mol. The predicted molar refractivity (Wildman–Crippen MR) is 208 cm³/mol. The number of primary amides is 1. The lowest BCUT2D eigenvalue weighted by atomic mass is 9.85. The number of imidazole rings is 1. The highest BCUT2D eigenvalue weighted by Crippen LogP contribution is 2.23. The van der Waals surface area contributed by atoms with Crippen molar-refractivity contribution in [1.29, 1.82) is 0 Å². The van der Waals surface area contributed by atoms with E-state index in [2.05, 4.69) is 31.2 Å². The van der Waals surface area contributed by atoms with E-state index in [1.165, 1.54) is 24.3 Å². The minimum absolute atomic E-state index is 0.00560. The maximum atomic E-state index is 14.2. The highest BCUT2D eigenvalue weighted by Gasteiger charge is 2.37. The van der Waals surface area contributed by atoms with Crippen LogP contribution in [0.2, 0.25) is 0 Å². The molecule has 0 saturated carbocycles. The van der Waals surface area contributed by atoms with E-state index in [4.69, 9.17) is 5.73 Å². The van der Waals surface area contributed by atoms with E-state index in [-0.39, 0.29) is 42.9 Å². The summed E-state index contributed by atoms with van der Waals surface area (Å²) in [6.07, 6.45) is 4.10. The fourth-order valence-electron chi connectivity index (χ4n) is 7.04. The second kappa shape index (κ2) is 21.3. The number of nitrogens with two attached hydrogens (primary N) is 1. The summed E-state index contributed by atoms with van der Waals surface area (Å²) in [4.78, 5) is 88.3. The first-order chi connectivity index (χ1) is 26.0. The van der Waals surface area contributed by atoms with Crippen molar-refractivity contribution in [3.8, 4) is 0 Å². The molecule has 15 nitrogen and oxygen atoms in total. The number of aromatic amines is 1. The van der Waals surface area contributed by atoms with Gasteiger partial charge in [-0.15, -0.1) is 0 Å². The number of likely N-dealkylation sites (tertiary alicyclic amines) is 1. The van der Waals surface area contributed by atoms with Crippen LogP contribution in [-0.2, 0) is 41.6 Å². The Morgan fingerprint density at radius 1 is 0.909 bits per heavy atom. The number of aliphatic hydroxyl groups excluding tert-OH is 1. The number of H-pyrrole nitrogens is 1. The number of hydrogen-bond acceptors (Lipinski definition) is 8. The highest BCUT2D eigenvalue weighted by molar-refractivity contribution is 5.94. The van der Waals surface area contributed by atoms with Crippen LogP contribution in [-0.4, -0.2) is 98.3 Å². The number of rotatable bonds is 21. The lowest BCUT2D eigenvalue weighted by Gasteiger charge is -2.32. The van der Waals surface area contributed by atoms with Crippen LogP contribution in [0.1, 0.15) is 91.8 Å². The standard InChI is InChI=1S/C40H62N8O7/c1-8-25(6)35(36(41)51)47-37(52)29(24(4)5)20-34(50)30(17-23(2)3)44-39(54)32(19-28-21-42-22-43-28)45-38(53)31(18-27-13-10-9-11-14-27)46-40(55)33-15-12-16-48(33)26(7)49/h9-11,13-14,21-25,29-35,50H,8,12,15-20H2,1-7H3,(H2,41,51)(H,42,43)(H,44,54)(H,45,53)(H,46,55)(H,47,52). The first kappa shape index (κ1) is 44.6. The van der Waals surface area contributed by atoms with Gasteiger partial charge in [0.05, 0.1) is 18.5 Å². The van der Waals surface area contributed by atoms with Crippen LogP contribution in [0, 0.1) is 23.7 Å². The zero-order valence-electron chi connectivity index (χ0n) is 33.3. The SMILES string of the molecule is CCC(C)C(NC(=O)C(CC(O)C(CC(C)C)NC(=O)C(Cc1cnc[nH]1)NC(=O)C(Cc1ccccc1)NC(=O)C1CCCN1C(C)=O)C(C)C)C(N)=O. The third-order valence-corrected chi connectivity index (χ3v) is 10.5. The first-order valence-corrected chi connectivity index (χ1v) is 19.5. The van der Waals surface area contributed by atoms with Crippen LogP contribution in [0.15, 0.2) is 42.9 Å².